The van der Waals surface area contributed by atoms with Crippen LogP contribution in [0.25, 0.3) is 0 Å². The van der Waals surface area contributed by atoms with Crippen LogP contribution < -0.4 is 10.6 Å². The summed E-state index contributed by atoms with van der Waals surface area (Å²) in [5, 5.41) is 14.9. The first-order valence-corrected chi connectivity index (χ1v) is 6.70. The van der Waals surface area contributed by atoms with Crippen LogP contribution in [-0.4, -0.2) is 32.2 Å². The van der Waals surface area contributed by atoms with Gasteiger partial charge in [0.2, 0.25) is 5.91 Å². The van der Waals surface area contributed by atoms with E-state index in [0.717, 1.165) is 4.47 Å². The predicted molar refractivity (Wildman–Crippen MR) is 74.6 cm³/mol. The number of ether oxygens (including phenoxy) is 1. The molecule has 0 aliphatic carbocycles. The second kappa shape index (κ2) is 6.15. The average Bonchev–Trinajstić information content (AvgIpc) is 2.87. The van der Waals surface area contributed by atoms with Crippen molar-refractivity contribution in [2.45, 2.75) is 6.04 Å². The molecule has 2 rings (SSSR count). The van der Waals surface area contributed by atoms with Crippen molar-refractivity contribution in [1.29, 1.82) is 5.26 Å². The standard InChI is InChI=1S/C13H14BrN3O2/c1-16-12-7-19-6-10(12)13(18)17-11-4-9(14)3-2-8(11)5-15/h2-4,10,12,16H,6-7H2,1H3,(H,17,18). The number of nitriles is 1. The lowest BCUT2D eigenvalue weighted by Crippen LogP contribution is -2.39. The van der Waals surface area contributed by atoms with Gasteiger partial charge >= 0.3 is 0 Å². The summed E-state index contributed by atoms with van der Waals surface area (Å²) in [7, 11) is 1.80. The summed E-state index contributed by atoms with van der Waals surface area (Å²) in [6.45, 7) is 0.922. The fourth-order valence-electron chi connectivity index (χ4n) is 2.04. The molecule has 0 spiro atoms. The van der Waals surface area contributed by atoms with Gasteiger partial charge in [0.05, 0.1) is 30.4 Å². The number of anilines is 1. The number of carbonyl (C=O) groups excluding carboxylic acids is 1. The van der Waals surface area contributed by atoms with E-state index in [2.05, 4.69) is 32.6 Å². The van der Waals surface area contributed by atoms with Crippen molar-refractivity contribution in [2.24, 2.45) is 5.92 Å². The van der Waals surface area contributed by atoms with Gasteiger partial charge < -0.3 is 15.4 Å². The van der Waals surface area contributed by atoms with Gasteiger partial charge in [-0.1, -0.05) is 15.9 Å². The Kier molecular flexibility index (Phi) is 4.53. The van der Waals surface area contributed by atoms with E-state index in [9.17, 15) is 4.79 Å². The first kappa shape index (κ1) is 14.0. The van der Waals surface area contributed by atoms with Crippen molar-refractivity contribution in [1.82, 2.24) is 5.32 Å². The van der Waals surface area contributed by atoms with Crippen LogP contribution in [0.3, 0.4) is 0 Å². The third-order valence-corrected chi connectivity index (χ3v) is 3.64. The van der Waals surface area contributed by atoms with Crippen LogP contribution in [0.2, 0.25) is 0 Å². The zero-order chi connectivity index (χ0) is 13.8. The molecule has 0 radical (unpaired) electrons. The Hall–Kier alpha value is -1.42. The van der Waals surface area contributed by atoms with Crippen LogP contribution >= 0.6 is 15.9 Å². The maximum Gasteiger partial charge on any atom is 0.231 e. The van der Waals surface area contributed by atoms with Gasteiger partial charge in [-0.05, 0) is 25.2 Å². The summed E-state index contributed by atoms with van der Waals surface area (Å²) in [6, 6.07) is 7.23. The van der Waals surface area contributed by atoms with Gasteiger partial charge in [-0.3, -0.25) is 4.79 Å². The number of rotatable bonds is 3. The first-order chi connectivity index (χ1) is 9.15. The molecule has 1 aromatic carbocycles. The Morgan fingerprint density at radius 3 is 3.00 bits per heavy atom. The lowest BCUT2D eigenvalue weighted by atomic mass is 10.0. The van der Waals surface area contributed by atoms with Gasteiger partial charge in [-0.15, -0.1) is 0 Å². The fourth-order valence-corrected chi connectivity index (χ4v) is 2.40. The molecule has 1 saturated heterocycles. The van der Waals surface area contributed by atoms with Gasteiger partial charge in [-0.2, -0.15) is 5.26 Å². The molecular weight excluding hydrogens is 310 g/mol. The average molecular weight is 324 g/mol. The molecule has 1 amide bonds. The van der Waals surface area contributed by atoms with Crippen LogP contribution in [0.5, 0.6) is 0 Å². The molecule has 2 atom stereocenters. The van der Waals surface area contributed by atoms with E-state index in [0.29, 0.717) is 24.5 Å². The van der Waals surface area contributed by atoms with E-state index in [1.165, 1.54) is 0 Å². The number of hydrogen-bond acceptors (Lipinski definition) is 4. The molecule has 19 heavy (non-hydrogen) atoms. The molecule has 1 aliphatic heterocycles. The topological polar surface area (TPSA) is 74.2 Å². The van der Waals surface area contributed by atoms with E-state index in [-0.39, 0.29) is 17.9 Å². The number of amides is 1. The number of nitrogens with one attached hydrogen (secondary N) is 2. The Morgan fingerprint density at radius 1 is 1.53 bits per heavy atom. The highest BCUT2D eigenvalue weighted by atomic mass is 79.9. The molecule has 0 aromatic heterocycles. The normalized spacial score (nSPS) is 21.9. The molecular formula is C13H14BrN3O2. The van der Waals surface area contributed by atoms with Crippen molar-refractivity contribution in [2.75, 3.05) is 25.6 Å². The summed E-state index contributed by atoms with van der Waals surface area (Å²) in [6.07, 6.45) is 0. The highest BCUT2D eigenvalue weighted by Gasteiger charge is 2.33. The fraction of sp³-hybridized carbons (Fsp3) is 0.385. The minimum Gasteiger partial charge on any atom is -0.379 e. The molecule has 2 unspecified atom stereocenters. The number of benzene rings is 1. The van der Waals surface area contributed by atoms with Crippen molar-refractivity contribution in [3.63, 3.8) is 0 Å². The van der Waals surface area contributed by atoms with Gasteiger partial charge in [-0.25, -0.2) is 0 Å². The summed E-state index contributed by atoms with van der Waals surface area (Å²) < 4.78 is 6.12. The predicted octanol–water partition coefficient (Wildman–Crippen LogP) is 1.49. The molecule has 1 fully saturated rings. The third-order valence-electron chi connectivity index (χ3n) is 3.15. The number of carbonyl (C=O) groups is 1. The van der Waals surface area contributed by atoms with E-state index in [1.54, 1.807) is 25.2 Å². The Morgan fingerprint density at radius 2 is 2.32 bits per heavy atom. The van der Waals surface area contributed by atoms with Gasteiger partial charge in [0.1, 0.15) is 6.07 Å². The van der Waals surface area contributed by atoms with Crippen LogP contribution in [0.1, 0.15) is 5.56 Å². The van der Waals surface area contributed by atoms with E-state index in [4.69, 9.17) is 10.00 Å². The molecule has 0 bridgehead atoms. The van der Waals surface area contributed by atoms with Crippen molar-refractivity contribution >= 4 is 27.5 Å². The number of likely N-dealkylation sites (N-methyl/N-ethyl adjacent to an activating group) is 1. The summed E-state index contributed by atoms with van der Waals surface area (Å²) in [5.74, 6) is -0.373. The van der Waals surface area contributed by atoms with Crippen molar-refractivity contribution < 1.29 is 9.53 Å². The number of halogens is 1. The maximum atomic E-state index is 12.2. The monoisotopic (exact) mass is 323 g/mol. The lowest BCUT2D eigenvalue weighted by Gasteiger charge is -2.17. The third kappa shape index (κ3) is 3.13. The highest BCUT2D eigenvalue weighted by molar-refractivity contribution is 9.10. The number of hydrogen-bond donors (Lipinski definition) is 2. The van der Waals surface area contributed by atoms with Crippen LogP contribution in [0.4, 0.5) is 5.69 Å². The Labute approximate surface area is 120 Å². The second-order valence-electron chi connectivity index (χ2n) is 4.33. The minimum atomic E-state index is -0.240. The molecule has 1 aliphatic rings. The summed E-state index contributed by atoms with van der Waals surface area (Å²) in [4.78, 5) is 12.2. The molecule has 1 aromatic rings. The van der Waals surface area contributed by atoms with Crippen LogP contribution in [-0.2, 0) is 9.53 Å². The quantitative estimate of drug-likeness (QED) is 0.883. The smallest absolute Gasteiger partial charge is 0.231 e. The Bertz CT molecular complexity index is 527. The molecule has 100 valence electrons. The maximum absolute atomic E-state index is 12.2. The van der Waals surface area contributed by atoms with Crippen molar-refractivity contribution in [3.8, 4) is 6.07 Å². The Balaban J connectivity index is 2.15. The SMILES string of the molecule is CNC1COCC1C(=O)Nc1cc(Br)ccc1C#N. The lowest BCUT2D eigenvalue weighted by molar-refractivity contribution is -0.120. The van der Waals surface area contributed by atoms with Crippen LogP contribution in [0.15, 0.2) is 22.7 Å². The minimum absolute atomic E-state index is 0.0117. The van der Waals surface area contributed by atoms with E-state index < -0.39 is 0 Å². The zero-order valence-corrected chi connectivity index (χ0v) is 12.0. The van der Waals surface area contributed by atoms with E-state index in [1.807, 2.05) is 0 Å². The van der Waals surface area contributed by atoms with Gasteiger partial charge in [0, 0.05) is 10.5 Å². The molecule has 0 saturated carbocycles. The highest BCUT2D eigenvalue weighted by Crippen LogP contribution is 2.23. The molecule has 2 N–H and O–H groups in total. The molecule has 5 nitrogen and oxygen atoms in total. The molecule has 6 heteroatoms. The van der Waals surface area contributed by atoms with Crippen LogP contribution in [0, 0.1) is 17.2 Å². The number of nitrogens with zero attached hydrogens (tertiary/aromatic N) is 1. The second-order valence-corrected chi connectivity index (χ2v) is 5.25. The summed E-state index contributed by atoms with van der Waals surface area (Å²) in [5.41, 5.74) is 0.958. The summed E-state index contributed by atoms with van der Waals surface area (Å²) >= 11 is 3.33. The van der Waals surface area contributed by atoms with Gasteiger partial charge in [0.15, 0.2) is 0 Å². The van der Waals surface area contributed by atoms with Crippen molar-refractivity contribution in [3.05, 3.63) is 28.2 Å². The van der Waals surface area contributed by atoms with E-state index >= 15 is 0 Å². The first-order valence-electron chi connectivity index (χ1n) is 5.91. The van der Waals surface area contributed by atoms with Gasteiger partial charge in [0.25, 0.3) is 0 Å². The largest absolute Gasteiger partial charge is 0.379 e. The molecule has 1 heterocycles. The zero-order valence-electron chi connectivity index (χ0n) is 10.4.